The first-order valence-electron chi connectivity index (χ1n) is 7.38. The summed E-state index contributed by atoms with van der Waals surface area (Å²) in [6.07, 6.45) is 4.42. The summed E-state index contributed by atoms with van der Waals surface area (Å²) in [6, 6.07) is 0.285. The number of ether oxygens (including phenoxy) is 1. The largest absolute Gasteiger partial charge is 0.463 e. The molecule has 1 aliphatic carbocycles. The number of carbonyl (C=O) groups excluding carboxylic acids is 2. The Morgan fingerprint density at radius 1 is 1.11 bits per heavy atom. The van der Waals surface area contributed by atoms with Crippen molar-refractivity contribution in [2.75, 3.05) is 0 Å². The van der Waals surface area contributed by atoms with Gasteiger partial charge in [0.2, 0.25) is 5.91 Å². The van der Waals surface area contributed by atoms with E-state index in [0.29, 0.717) is 12.3 Å². The normalized spacial score (nSPS) is 23.5. The fraction of sp³-hybridized carbons (Fsp3) is 0.867. The fourth-order valence-electron chi connectivity index (χ4n) is 2.43. The molecule has 4 heteroatoms. The molecule has 1 saturated carbocycles. The van der Waals surface area contributed by atoms with E-state index < -0.39 is 0 Å². The zero-order valence-corrected chi connectivity index (χ0v) is 12.6. The summed E-state index contributed by atoms with van der Waals surface area (Å²) in [5, 5.41) is 3.07. The van der Waals surface area contributed by atoms with Gasteiger partial charge < -0.3 is 10.1 Å². The van der Waals surface area contributed by atoms with Crippen LogP contribution in [0.15, 0.2) is 0 Å². The lowest BCUT2D eigenvalue weighted by atomic mass is 9.84. The topological polar surface area (TPSA) is 55.4 Å². The zero-order valence-electron chi connectivity index (χ0n) is 12.6. The van der Waals surface area contributed by atoms with E-state index >= 15 is 0 Å². The van der Waals surface area contributed by atoms with Gasteiger partial charge in [0.05, 0.1) is 6.10 Å². The van der Waals surface area contributed by atoms with Crippen LogP contribution >= 0.6 is 0 Å². The number of hydrogen-bond donors (Lipinski definition) is 1. The summed E-state index contributed by atoms with van der Waals surface area (Å²) in [4.78, 5) is 23.2. The third-order valence-electron chi connectivity index (χ3n) is 3.54. The Bertz CT molecular complexity index is 305. The van der Waals surface area contributed by atoms with Gasteiger partial charge in [-0.3, -0.25) is 9.59 Å². The van der Waals surface area contributed by atoms with Gasteiger partial charge in [-0.05, 0) is 45.4 Å². The molecule has 0 radical (unpaired) electrons. The first-order chi connectivity index (χ1) is 8.88. The number of amides is 1. The minimum absolute atomic E-state index is 0.0332. The number of nitrogens with one attached hydrogen (secondary N) is 1. The van der Waals surface area contributed by atoms with Gasteiger partial charge in [-0.2, -0.15) is 0 Å². The van der Waals surface area contributed by atoms with Crippen LogP contribution in [-0.2, 0) is 14.3 Å². The van der Waals surface area contributed by atoms with E-state index in [-0.39, 0.29) is 29.9 Å². The monoisotopic (exact) mass is 269 g/mol. The number of rotatable bonds is 5. The molecule has 1 amide bonds. The Balaban J connectivity index is 2.25. The summed E-state index contributed by atoms with van der Waals surface area (Å²) in [7, 11) is 0. The van der Waals surface area contributed by atoms with Gasteiger partial charge in [0, 0.05) is 18.4 Å². The van der Waals surface area contributed by atoms with Crippen LogP contribution in [0.25, 0.3) is 0 Å². The van der Waals surface area contributed by atoms with Gasteiger partial charge >= 0.3 is 5.97 Å². The summed E-state index contributed by atoms with van der Waals surface area (Å²) in [5.74, 6) is 0.490. The standard InChI is InChI=1S/C15H27NO3/c1-10(2)15(18)16-13-7-5-12(6-8-13)9-14(17)19-11(3)4/h10-13H,5-9H2,1-4H3,(H,16,18). The van der Waals surface area contributed by atoms with Gasteiger partial charge in [-0.15, -0.1) is 0 Å². The van der Waals surface area contributed by atoms with Crippen molar-refractivity contribution in [1.82, 2.24) is 5.32 Å². The minimum atomic E-state index is -0.0929. The highest BCUT2D eigenvalue weighted by Crippen LogP contribution is 2.27. The highest BCUT2D eigenvalue weighted by atomic mass is 16.5. The number of carbonyl (C=O) groups is 2. The highest BCUT2D eigenvalue weighted by Gasteiger charge is 2.25. The Hall–Kier alpha value is -1.06. The van der Waals surface area contributed by atoms with E-state index in [1.165, 1.54) is 0 Å². The molecule has 1 aliphatic rings. The van der Waals surface area contributed by atoms with E-state index in [2.05, 4.69) is 5.32 Å². The van der Waals surface area contributed by atoms with Gasteiger partial charge in [0.15, 0.2) is 0 Å². The maximum atomic E-state index is 11.6. The second-order valence-electron chi connectivity index (χ2n) is 6.12. The molecule has 0 aliphatic heterocycles. The van der Waals surface area contributed by atoms with E-state index in [0.717, 1.165) is 25.7 Å². The molecule has 0 unspecified atom stereocenters. The molecule has 19 heavy (non-hydrogen) atoms. The van der Waals surface area contributed by atoms with E-state index in [1.54, 1.807) is 0 Å². The van der Waals surface area contributed by atoms with Gasteiger partial charge in [0.25, 0.3) is 0 Å². The molecule has 1 N–H and O–H groups in total. The molecule has 0 heterocycles. The molecule has 0 aromatic rings. The number of esters is 1. The predicted octanol–water partition coefficient (Wildman–Crippen LogP) is 2.66. The van der Waals surface area contributed by atoms with Crippen molar-refractivity contribution in [1.29, 1.82) is 0 Å². The molecule has 0 aromatic heterocycles. The maximum Gasteiger partial charge on any atom is 0.306 e. The Morgan fingerprint density at radius 3 is 2.16 bits per heavy atom. The van der Waals surface area contributed by atoms with Crippen LogP contribution in [0.1, 0.15) is 59.8 Å². The predicted molar refractivity (Wildman–Crippen MR) is 74.6 cm³/mol. The third kappa shape index (κ3) is 6.08. The van der Waals surface area contributed by atoms with Crippen molar-refractivity contribution in [3.8, 4) is 0 Å². The summed E-state index contributed by atoms with van der Waals surface area (Å²) < 4.78 is 5.17. The van der Waals surface area contributed by atoms with Crippen molar-refractivity contribution >= 4 is 11.9 Å². The molecule has 0 aromatic carbocycles. The van der Waals surface area contributed by atoms with Crippen LogP contribution in [0.2, 0.25) is 0 Å². The average molecular weight is 269 g/mol. The molecule has 0 spiro atoms. The lowest BCUT2D eigenvalue weighted by Gasteiger charge is -2.29. The van der Waals surface area contributed by atoms with Crippen molar-refractivity contribution in [3.63, 3.8) is 0 Å². The maximum absolute atomic E-state index is 11.6. The van der Waals surface area contributed by atoms with E-state index in [4.69, 9.17) is 4.74 Å². The summed E-state index contributed by atoms with van der Waals surface area (Å²) in [6.45, 7) is 7.55. The summed E-state index contributed by atoms with van der Waals surface area (Å²) >= 11 is 0. The van der Waals surface area contributed by atoms with Crippen LogP contribution in [-0.4, -0.2) is 24.0 Å². The second kappa shape index (κ2) is 7.51. The molecule has 0 atom stereocenters. The third-order valence-corrected chi connectivity index (χ3v) is 3.54. The molecule has 0 saturated heterocycles. The van der Waals surface area contributed by atoms with Crippen LogP contribution < -0.4 is 5.32 Å². The average Bonchev–Trinajstić information content (AvgIpc) is 2.30. The lowest BCUT2D eigenvalue weighted by molar-refractivity contribution is -0.148. The lowest BCUT2D eigenvalue weighted by Crippen LogP contribution is -2.40. The SMILES string of the molecule is CC(C)OC(=O)CC1CCC(NC(=O)C(C)C)CC1. The molecule has 110 valence electrons. The first-order valence-corrected chi connectivity index (χ1v) is 7.38. The van der Waals surface area contributed by atoms with Crippen molar-refractivity contribution in [2.24, 2.45) is 11.8 Å². The summed E-state index contributed by atoms with van der Waals surface area (Å²) in [5.41, 5.74) is 0. The van der Waals surface area contributed by atoms with Crippen LogP contribution in [0.3, 0.4) is 0 Å². The molecule has 1 rings (SSSR count). The first kappa shape index (κ1) is 16.0. The highest BCUT2D eigenvalue weighted by molar-refractivity contribution is 5.78. The smallest absolute Gasteiger partial charge is 0.306 e. The van der Waals surface area contributed by atoms with Crippen LogP contribution in [0, 0.1) is 11.8 Å². The molecule has 1 fully saturated rings. The number of hydrogen-bond acceptors (Lipinski definition) is 3. The van der Waals surface area contributed by atoms with E-state index in [9.17, 15) is 9.59 Å². The van der Waals surface area contributed by atoms with Crippen molar-refractivity contribution in [2.45, 2.75) is 71.9 Å². The van der Waals surface area contributed by atoms with Crippen LogP contribution in [0.4, 0.5) is 0 Å². The van der Waals surface area contributed by atoms with Gasteiger partial charge in [-0.25, -0.2) is 0 Å². The molecule has 0 bridgehead atoms. The zero-order chi connectivity index (χ0) is 14.4. The minimum Gasteiger partial charge on any atom is -0.463 e. The van der Waals surface area contributed by atoms with E-state index in [1.807, 2.05) is 27.7 Å². The van der Waals surface area contributed by atoms with Crippen molar-refractivity contribution in [3.05, 3.63) is 0 Å². The Kier molecular flexibility index (Phi) is 6.32. The quantitative estimate of drug-likeness (QED) is 0.781. The molecular formula is C15H27NO3. The Labute approximate surface area is 116 Å². The second-order valence-corrected chi connectivity index (χ2v) is 6.12. The molecular weight excluding hydrogens is 242 g/mol. The molecule has 4 nitrogen and oxygen atoms in total. The van der Waals surface area contributed by atoms with Gasteiger partial charge in [-0.1, -0.05) is 13.8 Å². The Morgan fingerprint density at radius 2 is 1.68 bits per heavy atom. The van der Waals surface area contributed by atoms with Gasteiger partial charge in [0.1, 0.15) is 0 Å². The van der Waals surface area contributed by atoms with Crippen LogP contribution in [0.5, 0.6) is 0 Å². The fourth-order valence-corrected chi connectivity index (χ4v) is 2.43. The van der Waals surface area contributed by atoms with Crippen molar-refractivity contribution < 1.29 is 14.3 Å².